The molecule has 1 aromatic heterocycles. The van der Waals surface area contributed by atoms with E-state index in [4.69, 9.17) is 0 Å². The van der Waals surface area contributed by atoms with E-state index in [2.05, 4.69) is 16.8 Å². The third kappa shape index (κ3) is 4.02. The molecule has 0 radical (unpaired) electrons. The largest absolute Gasteiger partial charge is 0.336 e. The van der Waals surface area contributed by atoms with Crippen LogP contribution >= 0.6 is 11.3 Å². The minimum atomic E-state index is -3.37. The molecular formula is C21H26N2O3S2. The molecule has 0 spiro atoms. The van der Waals surface area contributed by atoms with E-state index in [9.17, 15) is 13.2 Å². The number of likely N-dealkylation sites (tertiary alicyclic amines) is 1. The lowest BCUT2D eigenvalue weighted by Crippen LogP contribution is -2.30. The van der Waals surface area contributed by atoms with E-state index in [1.165, 1.54) is 5.56 Å². The summed E-state index contributed by atoms with van der Waals surface area (Å²) in [6.45, 7) is 2.05. The van der Waals surface area contributed by atoms with Gasteiger partial charge in [-0.3, -0.25) is 4.79 Å². The molecule has 1 amide bonds. The highest BCUT2D eigenvalue weighted by Gasteiger charge is 2.30. The summed E-state index contributed by atoms with van der Waals surface area (Å²) in [6.07, 6.45) is 5.04. The Kier molecular flexibility index (Phi) is 5.85. The number of thiophene rings is 1. The Morgan fingerprint density at radius 2 is 1.79 bits per heavy atom. The van der Waals surface area contributed by atoms with Crippen LogP contribution in [0.4, 0.5) is 0 Å². The predicted molar refractivity (Wildman–Crippen MR) is 111 cm³/mol. The lowest BCUT2D eigenvalue weighted by Gasteiger charge is -2.24. The number of benzene rings is 1. The lowest BCUT2D eigenvalue weighted by atomic mass is 10.1. The second-order valence-corrected chi connectivity index (χ2v) is 10.3. The summed E-state index contributed by atoms with van der Waals surface area (Å²) >= 11 is 1.67. The molecule has 3 heterocycles. The fourth-order valence-electron chi connectivity index (χ4n) is 4.18. The number of hydrogen-bond donors (Lipinski definition) is 0. The van der Waals surface area contributed by atoms with Gasteiger partial charge in [0.05, 0.1) is 10.9 Å². The molecule has 2 saturated heterocycles. The Balaban J connectivity index is 1.36. The number of carbonyl (C=O) groups is 1. The molecule has 7 heteroatoms. The van der Waals surface area contributed by atoms with Crippen molar-refractivity contribution in [3.63, 3.8) is 0 Å². The Morgan fingerprint density at radius 1 is 1.04 bits per heavy atom. The summed E-state index contributed by atoms with van der Waals surface area (Å²) in [5.41, 5.74) is 2.24. The summed E-state index contributed by atoms with van der Waals surface area (Å²) < 4.78 is 26.8. The van der Waals surface area contributed by atoms with Gasteiger partial charge in [-0.15, -0.1) is 0 Å². The molecule has 28 heavy (non-hydrogen) atoms. The van der Waals surface area contributed by atoms with Gasteiger partial charge in [0.2, 0.25) is 15.9 Å². The van der Waals surface area contributed by atoms with Gasteiger partial charge in [0.1, 0.15) is 0 Å². The number of aryl methyl sites for hydroxylation is 1. The quantitative estimate of drug-likeness (QED) is 0.716. The van der Waals surface area contributed by atoms with Crippen molar-refractivity contribution >= 4 is 27.3 Å². The molecule has 0 saturated carbocycles. The van der Waals surface area contributed by atoms with E-state index in [0.717, 1.165) is 37.8 Å². The van der Waals surface area contributed by atoms with Crippen LogP contribution in [0.15, 0.2) is 46.0 Å². The fraction of sp³-hybridized carbons (Fsp3) is 0.476. The van der Waals surface area contributed by atoms with Crippen LogP contribution in [0.1, 0.15) is 49.3 Å². The van der Waals surface area contributed by atoms with Crippen LogP contribution in [0, 0.1) is 0 Å². The van der Waals surface area contributed by atoms with Gasteiger partial charge in [0.25, 0.3) is 0 Å². The first kappa shape index (κ1) is 19.6. The van der Waals surface area contributed by atoms with E-state index >= 15 is 0 Å². The highest BCUT2D eigenvalue weighted by atomic mass is 32.2. The molecule has 2 aromatic rings. The van der Waals surface area contributed by atoms with Crippen LogP contribution in [-0.2, 0) is 21.2 Å². The molecule has 1 atom stereocenters. The van der Waals surface area contributed by atoms with Crippen molar-refractivity contribution in [3.8, 4) is 0 Å². The van der Waals surface area contributed by atoms with Crippen molar-refractivity contribution in [2.75, 3.05) is 19.6 Å². The fourth-order valence-corrected chi connectivity index (χ4v) is 6.40. The molecule has 4 rings (SSSR count). The standard InChI is InChI=1S/C21H26N2O3S2/c24-21(23-14-3-4-20(23)18-11-15-27-16-18)10-7-17-5-8-19(9-6-17)28(25,26)22-12-1-2-13-22/h5-6,8-9,11,15-16,20H,1-4,7,10,12-14H2. The zero-order valence-electron chi connectivity index (χ0n) is 15.9. The minimum absolute atomic E-state index is 0.183. The highest BCUT2D eigenvalue weighted by molar-refractivity contribution is 7.89. The van der Waals surface area contributed by atoms with E-state index in [1.807, 2.05) is 17.0 Å². The van der Waals surface area contributed by atoms with Crippen molar-refractivity contribution in [1.29, 1.82) is 0 Å². The van der Waals surface area contributed by atoms with Crippen molar-refractivity contribution < 1.29 is 13.2 Å². The number of nitrogens with zero attached hydrogens (tertiary/aromatic N) is 2. The molecule has 150 valence electrons. The number of carbonyl (C=O) groups excluding carboxylic acids is 1. The zero-order valence-corrected chi connectivity index (χ0v) is 17.6. The normalized spacial score (nSPS) is 20.7. The third-order valence-corrected chi connectivity index (χ3v) is 8.37. The van der Waals surface area contributed by atoms with Crippen LogP contribution in [-0.4, -0.2) is 43.2 Å². The Bertz CT molecular complexity index is 902. The first-order valence-electron chi connectivity index (χ1n) is 9.96. The summed E-state index contributed by atoms with van der Waals surface area (Å²) in [4.78, 5) is 15.1. The molecule has 1 aromatic carbocycles. The molecular weight excluding hydrogens is 392 g/mol. The lowest BCUT2D eigenvalue weighted by molar-refractivity contribution is -0.132. The van der Waals surface area contributed by atoms with Crippen LogP contribution in [0.3, 0.4) is 0 Å². The maximum atomic E-state index is 12.8. The average Bonchev–Trinajstić information content (AvgIpc) is 3.47. The average molecular weight is 419 g/mol. The van der Waals surface area contributed by atoms with Crippen molar-refractivity contribution in [2.24, 2.45) is 0 Å². The van der Waals surface area contributed by atoms with Crippen LogP contribution in [0.2, 0.25) is 0 Å². The molecule has 0 bridgehead atoms. The van der Waals surface area contributed by atoms with E-state index in [1.54, 1.807) is 27.8 Å². The Hall–Kier alpha value is -1.70. The van der Waals surface area contributed by atoms with Crippen LogP contribution in [0.25, 0.3) is 0 Å². The van der Waals surface area contributed by atoms with Gasteiger partial charge in [0.15, 0.2) is 0 Å². The summed E-state index contributed by atoms with van der Waals surface area (Å²) in [7, 11) is -3.37. The van der Waals surface area contributed by atoms with Crippen molar-refractivity contribution in [2.45, 2.75) is 49.5 Å². The number of sulfonamides is 1. The SMILES string of the molecule is O=C(CCc1ccc(S(=O)(=O)N2CCCC2)cc1)N1CCCC1c1ccsc1. The monoisotopic (exact) mass is 418 g/mol. The summed E-state index contributed by atoms with van der Waals surface area (Å²) in [5, 5.41) is 4.20. The van der Waals surface area contributed by atoms with Gasteiger partial charge >= 0.3 is 0 Å². The summed E-state index contributed by atoms with van der Waals surface area (Å²) in [6, 6.07) is 9.37. The number of rotatable bonds is 6. The molecule has 2 fully saturated rings. The molecule has 0 aliphatic carbocycles. The minimum Gasteiger partial charge on any atom is -0.336 e. The Labute approximate surface area is 171 Å². The van der Waals surface area contributed by atoms with Crippen LogP contribution in [0.5, 0.6) is 0 Å². The van der Waals surface area contributed by atoms with E-state index in [-0.39, 0.29) is 11.9 Å². The zero-order chi connectivity index (χ0) is 19.6. The van der Waals surface area contributed by atoms with Gasteiger partial charge in [-0.25, -0.2) is 8.42 Å². The first-order chi connectivity index (χ1) is 13.6. The molecule has 2 aliphatic heterocycles. The van der Waals surface area contributed by atoms with Gasteiger partial charge in [-0.05, 0) is 72.2 Å². The van der Waals surface area contributed by atoms with E-state index < -0.39 is 10.0 Å². The smallest absolute Gasteiger partial charge is 0.243 e. The van der Waals surface area contributed by atoms with Gasteiger partial charge in [0, 0.05) is 26.1 Å². The van der Waals surface area contributed by atoms with Crippen molar-refractivity contribution in [3.05, 3.63) is 52.2 Å². The van der Waals surface area contributed by atoms with E-state index in [0.29, 0.717) is 30.8 Å². The second-order valence-electron chi connectivity index (χ2n) is 7.56. The molecule has 5 nitrogen and oxygen atoms in total. The molecule has 0 N–H and O–H groups in total. The second kappa shape index (κ2) is 8.35. The van der Waals surface area contributed by atoms with Gasteiger partial charge in [-0.2, -0.15) is 15.6 Å². The number of amides is 1. The maximum Gasteiger partial charge on any atom is 0.243 e. The van der Waals surface area contributed by atoms with Crippen molar-refractivity contribution in [1.82, 2.24) is 9.21 Å². The van der Waals surface area contributed by atoms with Crippen LogP contribution < -0.4 is 0 Å². The highest BCUT2D eigenvalue weighted by Crippen LogP contribution is 2.33. The third-order valence-electron chi connectivity index (χ3n) is 5.75. The predicted octanol–water partition coefficient (Wildman–Crippen LogP) is 3.83. The first-order valence-corrected chi connectivity index (χ1v) is 12.3. The molecule has 1 unspecified atom stereocenters. The number of hydrogen-bond acceptors (Lipinski definition) is 4. The van der Waals surface area contributed by atoms with Gasteiger partial charge < -0.3 is 4.90 Å². The Morgan fingerprint density at radius 3 is 2.46 bits per heavy atom. The molecule has 2 aliphatic rings. The maximum absolute atomic E-state index is 12.8. The topological polar surface area (TPSA) is 57.7 Å². The summed E-state index contributed by atoms with van der Waals surface area (Å²) in [5.74, 6) is 0.183. The van der Waals surface area contributed by atoms with Gasteiger partial charge in [-0.1, -0.05) is 12.1 Å².